The summed E-state index contributed by atoms with van der Waals surface area (Å²) >= 11 is 0. The highest BCUT2D eigenvalue weighted by molar-refractivity contribution is 5.90. The normalized spacial score (nSPS) is 27.2. The predicted octanol–water partition coefficient (Wildman–Crippen LogP) is 1.77. The van der Waals surface area contributed by atoms with Crippen molar-refractivity contribution < 1.29 is 18.7 Å². The molecule has 0 bridgehead atoms. The fraction of sp³-hybridized carbons (Fsp3) is 0.680. The summed E-state index contributed by atoms with van der Waals surface area (Å²) in [7, 11) is 1.56. The number of rotatable bonds is 9. The van der Waals surface area contributed by atoms with E-state index < -0.39 is 24.7 Å². The lowest BCUT2D eigenvalue weighted by Crippen LogP contribution is -2.58. The molecule has 8 heteroatoms. The van der Waals surface area contributed by atoms with Crippen LogP contribution in [0.2, 0.25) is 0 Å². The maximum Gasteiger partial charge on any atom is 0.245 e. The number of carbonyl (C=O) groups is 2. The number of nitrogens with zero attached hydrogens (tertiary/aromatic N) is 1. The van der Waals surface area contributed by atoms with E-state index in [0.717, 1.165) is 44.1 Å². The third-order valence-corrected chi connectivity index (χ3v) is 7.51. The van der Waals surface area contributed by atoms with Gasteiger partial charge in [-0.25, -0.2) is 4.39 Å². The van der Waals surface area contributed by atoms with Crippen molar-refractivity contribution >= 4 is 11.8 Å². The topological polar surface area (TPSA) is 82.7 Å². The zero-order valence-electron chi connectivity index (χ0n) is 19.5. The summed E-state index contributed by atoms with van der Waals surface area (Å²) in [6.45, 7) is 1.04. The van der Waals surface area contributed by atoms with Gasteiger partial charge in [-0.3, -0.25) is 9.59 Å². The van der Waals surface area contributed by atoms with E-state index in [1.807, 2.05) is 35.2 Å². The Morgan fingerprint density at radius 3 is 2.64 bits per heavy atom. The van der Waals surface area contributed by atoms with Crippen molar-refractivity contribution in [3.63, 3.8) is 0 Å². The number of nitrogens with one attached hydrogen (secondary N) is 3. The SMILES string of the molecule is CN[C@@H](CF)C(=O)N[C@H](C(=O)N1CC[C@H]2NC[C@H](OCc3ccccc3)[C@H]21)C1CCCCC1. The number of likely N-dealkylation sites (tertiary alicyclic amines) is 1. The summed E-state index contributed by atoms with van der Waals surface area (Å²) in [6.07, 6.45) is 5.85. The van der Waals surface area contributed by atoms with Crippen LogP contribution in [0.25, 0.3) is 0 Å². The molecular weight excluding hydrogens is 423 g/mol. The molecule has 33 heavy (non-hydrogen) atoms. The number of carbonyl (C=O) groups excluding carboxylic acids is 2. The second-order valence-corrected chi connectivity index (χ2v) is 9.54. The smallest absolute Gasteiger partial charge is 0.245 e. The fourth-order valence-corrected chi connectivity index (χ4v) is 5.64. The van der Waals surface area contributed by atoms with E-state index in [1.165, 1.54) is 0 Å². The number of amides is 2. The maximum atomic E-state index is 13.9. The number of alkyl halides is 1. The van der Waals surface area contributed by atoms with Crippen LogP contribution in [0.3, 0.4) is 0 Å². The molecule has 182 valence electrons. The lowest BCUT2D eigenvalue weighted by atomic mass is 9.83. The Morgan fingerprint density at radius 2 is 1.94 bits per heavy atom. The quantitative estimate of drug-likeness (QED) is 0.523. The fourth-order valence-electron chi connectivity index (χ4n) is 5.64. The van der Waals surface area contributed by atoms with Gasteiger partial charge in [0.15, 0.2) is 0 Å². The summed E-state index contributed by atoms with van der Waals surface area (Å²) in [5.41, 5.74) is 1.11. The Labute approximate surface area is 195 Å². The van der Waals surface area contributed by atoms with Crippen LogP contribution >= 0.6 is 0 Å². The Bertz CT molecular complexity index is 785. The number of halogens is 1. The molecule has 1 aromatic rings. The summed E-state index contributed by atoms with van der Waals surface area (Å²) in [4.78, 5) is 28.5. The summed E-state index contributed by atoms with van der Waals surface area (Å²) in [5.74, 6) is -0.404. The van der Waals surface area contributed by atoms with Crippen LogP contribution in [-0.4, -0.2) is 73.8 Å². The van der Waals surface area contributed by atoms with Gasteiger partial charge in [0.05, 0.1) is 18.8 Å². The highest BCUT2D eigenvalue weighted by Crippen LogP contribution is 2.32. The third-order valence-electron chi connectivity index (χ3n) is 7.51. The molecule has 3 fully saturated rings. The molecule has 2 aliphatic heterocycles. The van der Waals surface area contributed by atoms with Gasteiger partial charge in [-0.1, -0.05) is 49.6 Å². The van der Waals surface area contributed by atoms with Crippen molar-refractivity contribution in [1.82, 2.24) is 20.9 Å². The predicted molar refractivity (Wildman–Crippen MR) is 124 cm³/mol. The van der Waals surface area contributed by atoms with Crippen molar-refractivity contribution in [1.29, 1.82) is 0 Å². The number of likely N-dealkylation sites (N-methyl/N-ethyl adjacent to an activating group) is 1. The molecule has 3 N–H and O–H groups in total. The van der Waals surface area contributed by atoms with Crippen molar-refractivity contribution in [2.24, 2.45) is 5.92 Å². The minimum atomic E-state index is -0.940. The van der Waals surface area contributed by atoms with Crippen molar-refractivity contribution in [2.45, 2.75) is 75.4 Å². The van der Waals surface area contributed by atoms with Crippen LogP contribution in [0.5, 0.6) is 0 Å². The first kappa shape index (κ1) is 24.1. The third kappa shape index (κ3) is 5.55. The molecule has 0 aromatic heterocycles. The van der Waals surface area contributed by atoms with Gasteiger partial charge in [0.1, 0.15) is 18.8 Å². The molecule has 0 spiro atoms. The van der Waals surface area contributed by atoms with E-state index >= 15 is 0 Å². The molecule has 2 saturated heterocycles. The molecule has 5 atom stereocenters. The van der Waals surface area contributed by atoms with Crippen LogP contribution in [0.15, 0.2) is 30.3 Å². The standard InChI is InChI=1S/C25H37FN4O3/c1-27-20(14-26)24(31)29-22(18-10-6-3-7-11-18)25(32)30-13-12-19-23(30)21(15-28-19)33-16-17-8-4-2-5-9-17/h2,4-5,8-9,18-23,27-28H,3,6-7,10-16H2,1H3,(H,29,31)/t19-,20+,21+,22+,23+/m1/s1. The Hall–Kier alpha value is -2.03. The van der Waals surface area contributed by atoms with Crippen molar-refractivity contribution in [2.75, 3.05) is 26.8 Å². The van der Waals surface area contributed by atoms with Gasteiger partial charge in [-0.05, 0) is 37.8 Å². The first-order valence-electron chi connectivity index (χ1n) is 12.4. The number of ether oxygens (including phenoxy) is 1. The van der Waals surface area contributed by atoms with Gasteiger partial charge in [-0.2, -0.15) is 0 Å². The Morgan fingerprint density at radius 1 is 1.18 bits per heavy atom. The largest absolute Gasteiger partial charge is 0.370 e. The lowest BCUT2D eigenvalue weighted by Gasteiger charge is -2.36. The number of fused-ring (bicyclic) bond motifs is 1. The van der Waals surface area contributed by atoms with Crippen LogP contribution in [0, 0.1) is 5.92 Å². The van der Waals surface area contributed by atoms with Crippen molar-refractivity contribution in [3.8, 4) is 0 Å². The highest BCUT2D eigenvalue weighted by atomic mass is 19.1. The van der Waals surface area contributed by atoms with E-state index in [-0.39, 0.29) is 30.0 Å². The Balaban J connectivity index is 1.47. The van der Waals surface area contributed by atoms with E-state index in [0.29, 0.717) is 19.7 Å². The number of hydrogen-bond acceptors (Lipinski definition) is 5. The average Bonchev–Trinajstić information content (AvgIpc) is 3.45. The summed E-state index contributed by atoms with van der Waals surface area (Å²) < 4.78 is 19.6. The molecule has 0 unspecified atom stereocenters. The van der Waals surface area contributed by atoms with Gasteiger partial charge in [-0.15, -0.1) is 0 Å². The second kappa shape index (κ2) is 11.4. The Kier molecular flexibility index (Phi) is 8.33. The van der Waals surface area contributed by atoms with Gasteiger partial charge in [0, 0.05) is 19.1 Å². The van der Waals surface area contributed by atoms with Gasteiger partial charge in [0.2, 0.25) is 11.8 Å². The molecule has 0 radical (unpaired) electrons. The molecule has 2 amide bonds. The first-order valence-corrected chi connectivity index (χ1v) is 12.4. The second-order valence-electron chi connectivity index (χ2n) is 9.54. The summed E-state index contributed by atoms with van der Waals surface area (Å²) in [6, 6.07) is 8.64. The average molecular weight is 461 g/mol. The van der Waals surface area contributed by atoms with Gasteiger partial charge in [0.25, 0.3) is 0 Å². The van der Waals surface area contributed by atoms with E-state index in [2.05, 4.69) is 16.0 Å². The molecule has 4 rings (SSSR count). The molecule has 1 saturated carbocycles. The van der Waals surface area contributed by atoms with E-state index in [9.17, 15) is 14.0 Å². The molecule has 1 aromatic carbocycles. The molecule has 2 heterocycles. The zero-order valence-corrected chi connectivity index (χ0v) is 19.5. The lowest BCUT2D eigenvalue weighted by molar-refractivity contribution is -0.141. The van der Waals surface area contributed by atoms with Crippen LogP contribution in [0.4, 0.5) is 4.39 Å². The van der Waals surface area contributed by atoms with Gasteiger partial charge >= 0.3 is 0 Å². The summed E-state index contributed by atoms with van der Waals surface area (Å²) in [5, 5.41) is 9.15. The van der Waals surface area contributed by atoms with E-state index in [1.54, 1.807) is 7.05 Å². The minimum absolute atomic E-state index is 0.0477. The highest BCUT2D eigenvalue weighted by Gasteiger charge is 2.49. The van der Waals surface area contributed by atoms with Gasteiger partial charge < -0.3 is 25.6 Å². The molecule has 3 aliphatic rings. The van der Waals surface area contributed by atoms with E-state index in [4.69, 9.17) is 4.74 Å². The molecule has 1 aliphatic carbocycles. The monoisotopic (exact) mass is 460 g/mol. The molecular formula is C25H37FN4O3. The van der Waals surface area contributed by atoms with Crippen molar-refractivity contribution in [3.05, 3.63) is 35.9 Å². The number of benzene rings is 1. The molecule has 7 nitrogen and oxygen atoms in total. The minimum Gasteiger partial charge on any atom is -0.370 e. The maximum absolute atomic E-state index is 13.9. The number of hydrogen-bond donors (Lipinski definition) is 3. The zero-order chi connectivity index (χ0) is 23.2. The first-order chi connectivity index (χ1) is 16.1. The van der Waals surface area contributed by atoms with Crippen LogP contribution in [0.1, 0.15) is 44.1 Å². The van der Waals surface area contributed by atoms with Crippen LogP contribution in [-0.2, 0) is 20.9 Å². The van der Waals surface area contributed by atoms with Crippen LogP contribution < -0.4 is 16.0 Å².